The summed E-state index contributed by atoms with van der Waals surface area (Å²) in [6.07, 6.45) is -3.77. The molecule has 146 valence electrons. The molecule has 2 saturated heterocycles. The Hall–Kier alpha value is -1.42. The number of hydrogen-bond donors (Lipinski definition) is 3. The number of halogens is 3. The maximum absolute atomic E-state index is 13.2. The van der Waals surface area contributed by atoms with Crippen molar-refractivity contribution in [2.45, 2.75) is 37.3 Å². The summed E-state index contributed by atoms with van der Waals surface area (Å²) in [6, 6.07) is 1.40. The van der Waals surface area contributed by atoms with Crippen LogP contribution >= 0.6 is 0 Å². The summed E-state index contributed by atoms with van der Waals surface area (Å²) in [7, 11) is 0. The predicted octanol–water partition coefficient (Wildman–Crippen LogP) is 0.715. The lowest BCUT2D eigenvalue weighted by Crippen LogP contribution is -2.56. The van der Waals surface area contributed by atoms with E-state index in [1.807, 2.05) is 4.90 Å². The van der Waals surface area contributed by atoms with Crippen LogP contribution in [0.5, 0.6) is 0 Å². The third-order valence-electron chi connectivity index (χ3n) is 5.16. The van der Waals surface area contributed by atoms with Crippen LogP contribution in [-0.4, -0.2) is 76.2 Å². The van der Waals surface area contributed by atoms with Gasteiger partial charge in [-0.05, 0) is 24.8 Å². The highest BCUT2D eigenvalue weighted by molar-refractivity contribution is 5.54. The van der Waals surface area contributed by atoms with Gasteiger partial charge in [0.2, 0.25) is 0 Å². The van der Waals surface area contributed by atoms with Gasteiger partial charge in [-0.25, -0.2) is 0 Å². The average molecular weight is 375 g/mol. The number of aliphatic hydroxyl groups is 3. The van der Waals surface area contributed by atoms with Crippen molar-refractivity contribution in [3.8, 4) is 0 Å². The molecule has 0 aromatic carbocycles. The first-order chi connectivity index (χ1) is 12.3. The van der Waals surface area contributed by atoms with Crippen LogP contribution in [0.25, 0.3) is 0 Å². The molecule has 1 unspecified atom stereocenters. The van der Waals surface area contributed by atoms with E-state index in [1.54, 1.807) is 4.90 Å². The van der Waals surface area contributed by atoms with Crippen molar-refractivity contribution in [2.75, 3.05) is 37.6 Å². The number of alkyl halides is 3. The summed E-state index contributed by atoms with van der Waals surface area (Å²) in [5.74, 6) is 0.118. The number of pyridine rings is 1. The minimum atomic E-state index is -4.45. The lowest BCUT2D eigenvalue weighted by molar-refractivity contribution is -0.137. The largest absolute Gasteiger partial charge is 0.419 e. The lowest BCUT2D eigenvalue weighted by atomic mass is 9.94. The lowest BCUT2D eigenvalue weighted by Gasteiger charge is -2.41. The molecular weight excluding hydrogens is 351 g/mol. The van der Waals surface area contributed by atoms with Gasteiger partial charge in [0, 0.05) is 45.1 Å². The Bertz CT molecular complexity index is 604. The Morgan fingerprint density at radius 1 is 1.12 bits per heavy atom. The molecule has 3 heterocycles. The van der Waals surface area contributed by atoms with Crippen molar-refractivity contribution in [1.82, 2.24) is 9.88 Å². The number of aliphatic hydroxyl groups excluding tert-OH is 3. The first kappa shape index (κ1) is 19.3. The predicted molar refractivity (Wildman–Crippen MR) is 88.6 cm³/mol. The van der Waals surface area contributed by atoms with Gasteiger partial charge in [-0.1, -0.05) is 0 Å². The molecule has 0 bridgehead atoms. The molecule has 0 aliphatic carbocycles. The van der Waals surface area contributed by atoms with Gasteiger partial charge in [0.05, 0.1) is 23.5 Å². The fourth-order valence-electron chi connectivity index (χ4n) is 3.90. The Labute approximate surface area is 149 Å². The van der Waals surface area contributed by atoms with Gasteiger partial charge < -0.3 is 20.2 Å². The summed E-state index contributed by atoms with van der Waals surface area (Å²) in [5.41, 5.74) is -0.584. The van der Waals surface area contributed by atoms with Crippen LogP contribution in [0, 0.1) is 5.92 Å². The van der Waals surface area contributed by atoms with E-state index in [-0.39, 0.29) is 24.7 Å². The second-order valence-corrected chi connectivity index (χ2v) is 7.19. The molecule has 0 spiro atoms. The summed E-state index contributed by atoms with van der Waals surface area (Å²) in [4.78, 5) is 7.22. The minimum absolute atomic E-state index is 0.118. The number of piperidine rings is 2. The average Bonchev–Trinajstić information content (AvgIpc) is 2.59. The smallest absolute Gasteiger partial charge is 0.389 e. The van der Waals surface area contributed by atoms with Crippen molar-refractivity contribution in [1.29, 1.82) is 0 Å². The fraction of sp³-hybridized carbons (Fsp3) is 0.706. The highest BCUT2D eigenvalue weighted by atomic mass is 19.4. The van der Waals surface area contributed by atoms with E-state index in [1.165, 1.54) is 12.3 Å². The highest BCUT2D eigenvalue weighted by Gasteiger charge is 2.37. The number of hydrogen-bond acceptors (Lipinski definition) is 6. The van der Waals surface area contributed by atoms with Crippen LogP contribution in [-0.2, 0) is 6.18 Å². The monoisotopic (exact) mass is 375 g/mol. The van der Waals surface area contributed by atoms with Gasteiger partial charge in [0.1, 0.15) is 6.10 Å². The fourth-order valence-corrected chi connectivity index (χ4v) is 3.90. The van der Waals surface area contributed by atoms with E-state index in [0.717, 1.165) is 19.0 Å². The third-order valence-corrected chi connectivity index (χ3v) is 5.16. The van der Waals surface area contributed by atoms with Crippen LogP contribution < -0.4 is 4.90 Å². The third kappa shape index (κ3) is 4.28. The molecule has 1 aromatic heterocycles. The standard InChI is InChI=1S/C17H24F3N3O3/c18-17(19,20)12-6-21-4-3-13(12)23-5-1-2-11(8-23)7-22-9-14(24)16(26)15(25)10-22/h3-4,6,11,14-16,24-26H,1-2,5,7-10H2/t11-,14-,15+,16?/m0/s1. The number of aromatic nitrogens is 1. The number of β-amino-alcohol motifs (C(OH)–C–C–N with tert-alkyl or cyclic N) is 2. The van der Waals surface area contributed by atoms with Crippen LogP contribution in [0.4, 0.5) is 18.9 Å². The molecule has 26 heavy (non-hydrogen) atoms. The second kappa shape index (κ2) is 7.67. The molecule has 9 heteroatoms. The molecule has 0 amide bonds. The quantitative estimate of drug-likeness (QED) is 0.722. The van der Waals surface area contributed by atoms with E-state index in [4.69, 9.17) is 0 Å². The topological polar surface area (TPSA) is 80.1 Å². The number of likely N-dealkylation sites (tertiary alicyclic amines) is 1. The Balaban J connectivity index is 1.67. The number of anilines is 1. The molecule has 2 aliphatic rings. The SMILES string of the molecule is OC1[C@H](O)CN(C[C@@H]2CCCN(c3ccncc3C(F)(F)F)C2)C[C@@H]1O. The Kier molecular flexibility index (Phi) is 5.71. The van der Waals surface area contributed by atoms with E-state index >= 15 is 0 Å². The van der Waals surface area contributed by atoms with Gasteiger partial charge in [0.15, 0.2) is 0 Å². The molecule has 2 aliphatic heterocycles. The maximum Gasteiger partial charge on any atom is 0.419 e. The summed E-state index contributed by atoms with van der Waals surface area (Å²) >= 11 is 0. The van der Waals surface area contributed by atoms with Crippen molar-refractivity contribution >= 4 is 5.69 Å². The number of nitrogens with zero attached hydrogens (tertiary/aromatic N) is 3. The molecule has 2 fully saturated rings. The van der Waals surface area contributed by atoms with Crippen molar-refractivity contribution in [3.63, 3.8) is 0 Å². The Morgan fingerprint density at radius 2 is 1.81 bits per heavy atom. The summed E-state index contributed by atoms with van der Waals surface area (Å²) < 4.78 is 39.7. The van der Waals surface area contributed by atoms with Crippen LogP contribution in [0.15, 0.2) is 18.5 Å². The zero-order valence-electron chi connectivity index (χ0n) is 14.3. The highest BCUT2D eigenvalue weighted by Crippen LogP contribution is 2.37. The first-order valence-corrected chi connectivity index (χ1v) is 8.78. The van der Waals surface area contributed by atoms with Crippen LogP contribution in [0.2, 0.25) is 0 Å². The normalized spacial score (nSPS) is 31.2. The van der Waals surface area contributed by atoms with Gasteiger partial charge in [0.25, 0.3) is 0 Å². The molecule has 3 rings (SSSR count). The van der Waals surface area contributed by atoms with Crippen LogP contribution in [0.3, 0.4) is 0 Å². The van der Waals surface area contributed by atoms with E-state index in [0.29, 0.717) is 19.6 Å². The van der Waals surface area contributed by atoms with Crippen molar-refractivity contribution < 1.29 is 28.5 Å². The van der Waals surface area contributed by atoms with Gasteiger partial charge in [-0.15, -0.1) is 0 Å². The molecule has 3 N–H and O–H groups in total. The van der Waals surface area contributed by atoms with Gasteiger partial charge in [-0.3, -0.25) is 9.88 Å². The molecule has 6 nitrogen and oxygen atoms in total. The van der Waals surface area contributed by atoms with E-state index in [9.17, 15) is 28.5 Å². The van der Waals surface area contributed by atoms with Crippen LogP contribution in [0.1, 0.15) is 18.4 Å². The van der Waals surface area contributed by atoms with Gasteiger partial charge in [-0.2, -0.15) is 13.2 Å². The summed E-state index contributed by atoms with van der Waals surface area (Å²) in [5, 5.41) is 29.2. The summed E-state index contributed by atoms with van der Waals surface area (Å²) in [6.45, 7) is 2.07. The number of rotatable bonds is 3. The first-order valence-electron chi connectivity index (χ1n) is 8.78. The maximum atomic E-state index is 13.2. The molecule has 4 atom stereocenters. The zero-order valence-corrected chi connectivity index (χ0v) is 14.3. The molecule has 1 aromatic rings. The molecule has 0 radical (unpaired) electrons. The minimum Gasteiger partial charge on any atom is -0.389 e. The van der Waals surface area contributed by atoms with Crippen molar-refractivity contribution in [3.05, 3.63) is 24.0 Å². The van der Waals surface area contributed by atoms with Gasteiger partial charge >= 0.3 is 6.18 Å². The molecule has 0 saturated carbocycles. The Morgan fingerprint density at radius 3 is 2.46 bits per heavy atom. The van der Waals surface area contributed by atoms with E-state index in [2.05, 4.69) is 4.98 Å². The van der Waals surface area contributed by atoms with E-state index < -0.39 is 30.1 Å². The second-order valence-electron chi connectivity index (χ2n) is 7.19. The van der Waals surface area contributed by atoms with Crippen molar-refractivity contribution in [2.24, 2.45) is 5.92 Å². The zero-order chi connectivity index (χ0) is 18.9. The molecular formula is C17H24F3N3O3.